The molecule has 0 saturated heterocycles. The number of nitrogens with zero attached hydrogens (tertiary/aromatic N) is 1. The molecule has 1 N–H and O–H groups in total. The van der Waals surface area contributed by atoms with Crippen LogP contribution in [0, 0.1) is 0 Å². The van der Waals surface area contributed by atoms with Gasteiger partial charge in [-0.3, -0.25) is 0 Å². The zero-order valence-corrected chi connectivity index (χ0v) is 14.4. The third-order valence-electron chi connectivity index (χ3n) is 4.24. The second-order valence-electron chi connectivity index (χ2n) is 5.78. The summed E-state index contributed by atoms with van der Waals surface area (Å²) in [7, 11) is 0. The lowest BCUT2D eigenvalue weighted by molar-refractivity contribution is 0.148. The minimum atomic E-state index is -0.340. The summed E-state index contributed by atoms with van der Waals surface area (Å²) in [5, 5.41) is 2.90. The molecular weight excluding hydrogens is 276 g/mol. The van der Waals surface area contributed by atoms with Gasteiger partial charge < -0.3 is 15.0 Å². The summed E-state index contributed by atoms with van der Waals surface area (Å²) in [6.45, 7) is 12.5. The normalized spacial score (nSPS) is 13.7. The van der Waals surface area contributed by atoms with E-state index in [9.17, 15) is 4.79 Å². The van der Waals surface area contributed by atoms with Crippen molar-refractivity contribution in [3.05, 3.63) is 35.9 Å². The predicted molar refractivity (Wildman–Crippen MR) is 91.2 cm³/mol. The van der Waals surface area contributed by atoms with Gasteiger partial charge >= 0.3 is 6.09 Å². The molecule has 4 nitrogen and oxygen atoms in total. The number of hydrogen-bond donors (Lipinski definition) is 1. The Hall–Kier alpha value is -1.55. The van der Waals surface area contributed by atoms with Gasteiger partial charge in [0, 0.05) is 12.0 Å². The Morgan fingerprint density at radius 3 is 2.36 bits per heavy atom. The van der Waals surface area contributed by atoms with Crippen LogP contribution >= 0.6 is 0 Å². The SMILES string of the molecule is CCOC(=O)NCC(C)(CCN(CC)CC)c1ccccc1. The molecule has 0 radical (unpaired) electrons. The minimum Gasteiger partial charge on any atom is -0.450 e. The number of alkyl carbamates (subject to hydrolysis) is 1. The third kappa shape index (κ3) is 5.68. The number of benzene rings is 1. The van der Waals surface area contributed by atoms with Gasteiger partial charge in [0.25, 0.3) is 0 Å². The van der Waals surface area contributed by atoms with E-state index in [1.165, 1.54) is 5.56 Å². The van der Waals surface area contributed by atoms with Crippen LogP contribution in [0.25, 0.3) is 0 Å². The summed E-state index contributed by atoms with van der Waals surface area (Å²) in [6, 6.07) is 10.4. The molecule has 0 heterocycles. The lowest BCUT2D eigenvalue weighted by Crippen LogP contribution is -2.41. The van der Waals surface area contributed by atoms with Crippen molar-refractivity contribution in [2.75, 3.05) is 32.8 Å². The second kappa shape index (κ2) is 9.46. The van der Waals surface area contributed by atoms with E-state index in [4.69, 9.17) is 4.74 Å². The standard InChI is InChI=1S/C18H30N2O2/c1-5-20(6-2)14-13-18(4,15-19-17(21)22-7-3)16-11-9-8-10-12-16/h8-12H,5-7,13-15H2,1-4H3,(H,19,21). The Labute approximate surface area is 134 Å². The van der Waals surface area contributed by atoms with Gasteiger partial charge in [0.2, 0.25) is 0 Å². The summed E-state index contributed by atoms with van der Waals surface area (Å²) in [6.07, 6.45) is 0.651. The molecule has 0 aliphatic heterocycles. The molecule has 22 heavy (non-hydrogen) atoms. The first-order valence-corrected chi connectivity index (χ1v) is 8.24. The van der Waals surface area contributed by atoms with E-state index < -0.39 is 0 Å². The first kappa shape index (κ1) is 18.5. The van der Waals surface area contributed by atoms with E-state index in [-0.39, 0.29) is 11.5 Å². The lowest BCUT2D eigenvalue weighted by atomic mass is 9.79. The molecule has 1 amide bonds. The van der Waals surface area contributed by atoms with Crippen LogP contribution in [-0.2, 0) is 10.2 Å². The molecule has 1 aromatic rings. The number of hydrogen-bond acceptors (Lipinski definition) is 3. The molecule has 0 fully saturated rings. The zero-order chi connectivity index (χ0) is 16.4. The fourth-order valence-corrected chi connectivity index (χ4v) is 2.57. The van der Waals surface area contributed by atoms with Gasteiger partial charge in [-0.15, -0.1) is 0 Å². The Kier molecular flexibility index (Phi) is 7.96. The Morgan fingerprint density at radius 2 is 1.82 bits per heavy atom. The number of nitrogens with one attached hydrogen (secondary N) is 1. The smallest absolute Gasteiger partial charge is 0.407 e. The maximum Gasteiger partial charge on any atom is 0.407 e. The number of rotatable bonds is 9. The van der Waals surface area contributed by atoms with Crippen molar-refractivity contribution in [1.82, 2.24) is 10.2 Å². The lowest BCUT2D eigenvalue weighted by Gasteiger charge is -2.32. The van der Waals surface area contributed by atoms with Crippen LogP contribution < -0.4 is 5.32 Å². The van der Waals surface area contributed by atoms with Crippen molar-refractivity contribution in [1.29, 1.82) is 0 Å². The van der Waals surface area contributed by atoms with Gasteiger partial charge in [0.05, 0.1) is 6.61 Å². The predicted octanol–water partition coefficient (Wildman–Crippen LogP) is 3.42. The van der Waals surface area contributed by atoms with E-state index >= 15 is 0 Å². The van der Waals surface area contributed by atoms with Gasteiger partial charge in [-0.25, -0.2) is 4.79 Å². The summed E-state index contributed by atoms with van der Waals surface area (Å²) < 4.78 is 4.98. The van der Waals surface area contributed by atoms with Crippen LogP contribution in [0.2, 0.25) is 0 Å². The van der Waals surface area contributed by atoms with Gasteiger partial charge in [0.15, 0.2) is 0 Å². The van der Waals surface area contributed by atoms with Crippen LogP contribution in [0.5, 0.6) is 0 Å². The van der Waals surface area contributed by atoms with Gasteiger partial charge in [-0.1, -0.05) is 51.1 Å². The largest absolute Gasteiger partial charge is 0.450 e. The molecule has 0 aliphatic carbocycles. The molecule has 1 atom stereocenters. The van der Waals surface area contributed by atoms with E-state index in [0.29, 0.717) is 13.2 Å². The van der Waals surface area contributed by atoms with Crippen molar-refractivity contribution in [3.63, 3.8) is 0 Å². The maximum atomic E-state index is 11.6. The van der Waals surface area contributed by atoms with Crippen LogP contribution in [0.3, 0.4) is 0 Å². The second-order valence-corrected chi connectivity index (χ2v) is 5.78. The molecular formula is C18H30N2O2. The average molecular weight is 306 g/mol. The highest BCUT2D eigenvalue weighted by Gasteiger charge is 2.27. The molecule has 0 aliphatic rings. The fourth-order valence-electron chi connectivity index (χ4n) is 2.57. The van der Waals surface area contributed by atoms with Crippen LogP contribution in [0.15, 0.2) is 30.3 Å². The van der Waals surface area contributed by atoms with Crippen molar-refractivity contribution in [3.8, 4) is 0 Å². The first-order valence-electron chi connectivity index (χ1n) is 8.24. The number of amides is 1. The van der Waals surface area contributed by atoms with Gasteiger partial charge in [-0.2, -0.15) is 0 Å². The van der Waals surface area contributed by atoms with E-state index in [1.807, 2.05) is 13.0 Å². The molecule has 4 heteroatoms. The van der Waals surface area contributed by atoms with Crippen molar-refractivity contribution >= 4 is 6.09 Å². The van der Waals surface area contributed by atoms with Crippen LogP contribution in [0.1, 0.15) is 39.7 Å². The Bertz CT molecular complexity index is 432. The molecule has 1 aromatic carbocycles. The fraction of sp³-hybridized carbons (Fsp3) is 0.611. The van der Waals surface area contributed by atoms with E-state index in [1.54, 1.807) is 0 Å². The number of carbonyl (C=O) groups is 1. The van der Waals surface area contributed by atoms with Gasteiger partial charge in [0.1, 0.15) is 0 Å². The highest BCUT2D eigenvalue weighted by Crippen LogP contribution is 2.27. The average Bonchev–Trinajstić information content (AvgIpc) is 2.55. The third-order valence-corrected chi connectivity index (χ3v) is 4.24. The molecule has 124 valence electrons. The molecule has 0 bridgehead atoms. The summed E-state index contributed by atoms with van der Waals surface area (Å²) >= 11 is 0. The summed E-state index contributed by atoms with van der Waals surface area (Å²) in [5.74, 6) is 0. The van der Waals surface area contributed by atoms with E-state index in [2.05, 4.69) is 55.3 Å². The number of ether oxygens (including phenoxy) is 1. The number of carbonyl (C=O) groups excluding carboxylic acids is 1. The van der Waals surface area contributed by atoms with E-state index in [0.717, 1.165) is 26.1 Å². The highest BCUT2D eigenvalue weighted by molar-refractivity contribution is 5.67. The molecule has 1 rings (SSSR count). The summed E-state index contributed by atoms with van der Waals surface area (Å²) in [4.78, 5) is 14.0. The summed E-state index contributed by atoms with van der Waals surface area (Å²) in [5.41, 5.74) is 1.15. The quantitative estimate of drug-likeness (QED) is 0.760. The topological polar surface area (TPSA) is 41.6 Å². The molecule has 0 spiro atoms. The Morgan fingerprint density at radius 1 is 1.18 bits per heavy atom. The van der Waals surface area contributed by atoms with Crippen molar-refractivity contribution in [2.24, 2.45) is 0 Å². The highest BCUT2D eigenvalue weighted by atomic mass is 16.5. The van der Waals surface area contributed by atoms with Crippen molar-refractivity contribution < 1.29 is 9.53 Å². The van der Waals surface area contributed by atoms with Crippen LogP contribution in [-0.4, -0.2) is 43.8 Å². The monoisotopic (exact) mass is 306 g/mol. The maximum absolute atomic E-state index is 11.6. The zero-order valence-electron chi connectivity index (χ0n) is 14.4. The van der Waals surface area contributed by atoms with Crippen molar-refractivity contribution in [2.45, 2.75) is 39.5 Å². The molecule has 1 unspecified atom stereocenters. The van der Waals surface area contributed by atoms with Gasteiger partial charge in [-0.05, 0) is 38.5 Å². The first-order chi connectivity index (χ1) is 10.6. The van der Waals surface area contributed by atoms with Crippen LogP contribution in [0.4, 0.5) is 4.79 Å². The molecule has 0 aromatic heterocycles. The Balaban J connectivity index is 2.78. The molecule has 0 saturated carbocycles. The minimum absolute atomic E-state index is 0.101.